The first-order valence-electron chi connectivity index (χ1n) is 10.1. The van der Waals surface area contributed by atoms with Crippen LogP contribution in [-0.4, -0.2) is 0 Å². The molecule has 0 radical (unpaired) electrons. The second-order valence-electron chi connectivity index (χ2n) is 9.79. The topological polar surface area (TPSA) is 0 Å². The third-order valence-electron chi connectivity index (χ3n) is 9.13. The van der Waals surface area contributed by atoms with Gasteiger partial charge >= 0.3 is 0 Å². The van der Waals surface area contributed by atoms with Gasteiger partial charge in [-0.15, -0.1) is 0 Å². The molecule has 7 unspecified atom stereocenters. The number of fused-ring (bicyclic) bond motifs is 5. The lowest BCUT2D eigenvalue weighted by Gasteiger charge is -2.60. The molecule has 0 heterocycles. The van der Waals surface area contributed by atoms with E-state index in [2.05, 4.69) is 20.8 Å². The van der Waals surface area contributed by atoms with E-state index in [1.54, 1.807) is 51.4 Å². The van der Waals surface area contributed by atoms with Gasteiger partial charge in [-0.2, -0.15) is 0 Å². The van der Waals surface area contributed by atoms with E-state index in [1.165, 1.54) is 19.3 Å². The van der Waals surface area contributed by atoms with Crippen LogP contribution in [0.5, 0.6) is 0 Å². The summed E-state index contributed by atoms with van der Waals surface area (Å²) in [5.74, 6) is 5.41. The number of hydrogen-bond donors (Lipinski definition) is 0. The molecule has 7 atom stereocenters. The maximum atomic E-state index is 2.72. The number of hydrogen-bond acceptors (Lipinski definition) is 0. The fraction of sp³-hybridized carbons (Fsp3) is 1.00. The van der Waals surface area contributed by atoms with Gasteiger partial charge in [0.1, 0.15) is 0 Å². The van der Waals surface area contributed by atoms with Crippen LogP contribution in [0.25, 0.3) is 0 Å². The molecule has 4 rings (SSSR count). The Balaban J connectivity index is 1.59. The van der Waals surface area contributed by atoms with Crippen LogP contribution in [0.1, 0.15) is 91.4 Å². The highest BCUT2D eigenvalue weighted by Crippen LogP contribution is 2.66. The van der Waals surface area contributed by atoms with Gasteiger partial charge in [-0.25, -0.2) is 0 Å². The molecule has 0 amide bonds. The highest BCUT2D eigenvalue weighted by atomic mass is 14.6. The molecule has 4 saturated carbocycles. The summed E-state index contributed by atoms with van der Waals surface area (Å²) in [5, 5.41) is 0. The van der Waals surface area contributed by atoms with Crippen LogP contribution < -0.4 is 0 Å². The van der Waals surface area contributed by atoms with E-state index in [-0.39, 0.29) is 0 Å². The summed E-state index contributed by atoms with van der Waals surface area (Å²) < 4.78 is 0. The van der Waals surface area contributed by atoms with Crippen molar-refractivity contribution in [3.63, 3.8) is 0 Å². The average Bonchev–Trinajstić information content (AvgIpc) is 2.88. The Morgan fingerprint density at radius 1 is 0.857 bits per heavy atom. The van der Waals surface area contributed by atoms with Crippen molar-refractivity contribution in [2.24, 2.45) is 40.4 Å². The zero-order valence-corrected chi connectivity index (χ0v) is 14.7. The van der Waals surface area contributed by atoms with Crippen molar-refractivity contribution in [2.45, 2.75) is 91.4 Å². The Hall–Kier alpha value is 0. The van der Waals surface area contributed by atoms with E-state index in [4.69, 9.17) is 0 Å². The molecule has 0 heteroatoms. The van der Waals surface area contributed by atoms with Crippen LogP contribution >= 0.6 is 0 Å². The highest BCUT2D eigenvalue weighted by molar-refractivity contribution is 5.07. The van der Waals surface area contributed by atoms with E-state index >= 15 is 0 Å². The van der Waals surface area contributed by atoms with E-state index in [9.17, 15) is 0 Å². The monoisotopic (exact) mass is 288 g/mol. The summed E-state index contributed by atoms with van der Waals surface area (Å²) in [6, 6.07) is 0. The maximum Gasteiger partial charge on any atom is -0.0266 e. The van der Waals surface area contributed by atoms with Crippen molar-refractivity contribution in [2.75, 3.05) is 0 Å². The zero-order chi connectivity index (χ0) is 14.7. The lowest BCUT2D eigenvalue weighted by Crippen LogP contribution is -2.52. The molecular weight excluding hydrogens is 252 g/mol. The quantitative estimate of drug-likeness (QED) is 0.520. The molecule has 0 aromatic heterocycles. The molecule has 4 aliphatic rings. The Bertz CT molecular complexity index is 399. The normalized spacial score (nSPS) is 56.4. The third-order valence-corrected chi connectivity index (χ3v) is 9.13. The van der Waals surface area contributed by atoms with Crippen molar-refractivity contribution in [1.29, 1.82) is 0 Å². The van der Waals surface area contributed by atoms with Gasteiger partial charge in [0, 0.05) is 0 Å². The summed E-state index contributed by atoms with van der Waals surface area (Å²) in [4.78, 5) is 0. The van der Waals surface area contributed by atoms with Crippen LogP contribution in [0.3, 0.4) is 0 Å². The predicted octanol–water partition coefficient (Wildman–Crippen LogP) is 6.45. The van der Waals surface area contributed by atoms with E-state index in [0.717, 1.165) is 40.4 Å². The van der Waals surface area contributed by atoms with Gasteiger partial charge in [0.05, 0.1) is 0 Å². The molecule has 4 fully saturated rings. The van der Waals surface area contributed by atoms with Crippen molar-refractivity contribution < 1.29 is 0 Å². The van der Waals surface area contributed by atoms with Crippen LogP contribution in [0.15, 0.2) is 0 Å². The molecular formula is C21H36. The highest BCUT2D eigenvalue weighted by Gasteiger charge is 2.57. The molecule has 120 valence electrons. The Labute approximate surface area is 132 Å². The summed E-state index contributed by atoms with van der Waals surface area (Å²) >= 11 is 0. The second-order valence-corrected chi connectivity index (χ2v) is 9.79. The van der Waals surface area contributed by atoms with Crippen molar-refractivity contribution in [3.05, 3.63) is 0 Å². The Kier molecular flexibility index (Phi) is 3.47. The summed E-state index contributed by atoms with van der Waals surface area (Å²) in [7, 11) is 0. The second kappa shape index (κ2) is 5.00. The molecule has 0 N–H and O–H groups in total. The zero-order valence-electron chi connectivity index (χ0n) is 14.7. The first-order chi connectivity index (χ1) is 10.1. The SMILES string of the molecule is CCC1CCC2(C)C(CCC3C4CCCC4(C)CCC32)C1. The van der Waals surface area contributed by atoms with Gasteiger partial charge in [-0.1, -0.05) is 33.6 Å². The largest absolute Gasteiger partial charge is 0.0651 e. The van der Waals surface area contributed by atoms with Gasteiger partial charge < -0.3 is 0 Å². The molecule has 0 aromatic carbocycles. The fourth-order valence-corrected chi connectivity index (χ4v) is 7.71. The third kappa shape index (κ3) is 2.07. The lowest BCUT2D eigenvalue weighted by molar-refractivity contribution is -0.111. The molecule has 0 aliphatic heterocycles. The molecule has 21 heavy (non-hydrogen) atoms. The molecule has 4 aliphatic carbocycles. The Morgan fingerprint density at radius 2 is 1.71 bits per heavy atom. The van der Waals surface area contributed by atoms with E-state index in [0.29, 0.717) is 0 Å². The first kappa shape index (κ1) is 14.6. The molecule has 0 bridgehead atoms. The lowest BCUT2D eigenvalue weighted by atomic mass is 9.44. The van der Waals surface area contributed by atoms with Gasteiger partial charge in [0.2, 0.25) is 0 Å². The summed E-state index contributed by atoms with van der Waals surface area (Å²) in [6.07, 6.45) is 17.0. The minimum absolute atomic E-state index is 0.721. The average molecular weight is 289 g/mol. The van der Waals surface area contributed by atoms with Gasteiger partial charge in [0.15, 0.2) is 0 Å². The minimum Gasteiger partial charge on any atom is -0.0651 e. The van der Waals surface area contributed by atoms with E-state index < -0.39 is 0 Å². The summed E-state index contributed by atoms with van der Waals surface area (Å²) in [5.41, 5.74) is 1.46. The molecule has 0 spiro atoms. The molecule has 0 saturated heterocycles. The first-order valence-corrected chi connectivity index (χ1v) is 10.1. The fourth-order valence-electron chi connectivity index (χ4n) is 7.71. The number of rotatable bonds is 1. The molecule has 0 aromatic rings. The van der Waals surface area contributed by atoms with Gasteiger partial charge in [0.25, 0.3) is 0 Å². The minimum atomic E-state index is 0.721. The van der Waals surface area contributed by atoms with Crippen molar-refractivity contribution >= 4 is 0 Å². The van der Waals surface area contributed by atoms with Crippen LogP contribution in [0.4, 0.5) is 0 Å². The Morgan fingerprint density at radius 3 is 2.52 bits per heavy atom. The predicted molar refractivity (Wildman–Crippen MR) is 90.1 cm³/mol. The standard InChI is InChI=1S/C21H36/c1-4-15-9-13-21(3)16(14-15)7-8-17-18-6-5-11-20(18,2)12-10-19(17)21/h15-19H,4-14H2,1-3H3. The molecule has 0 nitrogen and oxygen atoms in total. The van der Waals surface area contributed by atoms with Gasteiger partial charge in [-0.3, -0.25) is 0 Å². The van der Waals surface area contributed by atoms with Crippen molar-refractivity contribution in [3.8, 4) is 0 Å². The van der Waals surface area contributed by atoms with Gasteiger partial charge in [-0.05, 0) is 98.2 Å². The van der Waals surface area contributed by atoms with Crippen LogP contribution in [0.2, 0.25) is 0 Å². The summed E-state index contributed by atoms with van der Waals surface area (Å²) in [6.45, 7) is 7.78. The van der Waals surface area contributed by atoms with Crippen LogP contribution in [-0.2, 0) is 0 Å². The van der Waals surface area contributed by atoms with Crippen molar-refractivity contribution in [1.82, 2.24) is 0 Å². The smallest absolute Gasteiger partial charge is 0.0266 e. The van der Waals surface area contributed by atoms with E-state index in [1.807, 2.05) is 0 Å². The maximum absolute atomic E-state index is 2.72. The van der Waals surface area contributed by atoms with Crippen LogP contribution in [0, 0.1) is 40.4 Å².